The van der Waals surface area contributed by atoms with E-state index in [0.29, 0.717) is 24.2 Å². The van der Waals surface area contributed by atoms with Gasteiger partial charge in [0.1, 0.15) is 0 Å². The number of amides is 2. The van der Waals surface area contributed by atoms with Gasteiger partial charge in [-0.15, -0.1) is 0 Å². The molecule has 230 valence electrons. The van der Waals surface area contributed by atoms with Crippen LogP contribution in [-0.2, 0) is 39.9 Å². The minimum Gasteiger partial charge on any atom is -0.440 e. The minimum atomic E-state index is -1.23. The molecule has 2 unspecified atom stereocenters. The average molecular weight is 597 g/mol. The molecular weight excluding hydrogens is 556 g/mol. The van der Waals surface area contributed by atoms with Crippen molar-refractivity contribution < 1.29 is 28.7 Å². The molecule has 2 spiro atoms. The minimum absolute atomic E-state index is 0.156. The third-order valence-corrected chi connectivity index (χ3v) is 9.49. The van der Waals surface area contributed by atoms with Crippen molar-refractivity contribution in [3.8, 4) is 0 Å². The van der Waals surface area contributed by atoms with Crippen LogP contribution in [0.3, 0.4) is 0 Å². The number of nitrogens with zero attached hydrogens (tertiary/aromatic N) is 2. The number of rotatable bonds is 13. The number of benzene rings is 2. The lowest BCUT2D eigenvalue weighted by Crippen LogP contribution is -2.40. The number of esters is 2. The molecule has 2 fully saturated rings. The van der Waals surface area contributed by atoms with E-state index >= 15 is 0 Å². The van der Waals surface area contributed by atoms with Gasteiger partial charge in [-0.3, -0.25) is 9.59 Å². The third-order valence-electron chi connectivity index (χ3n) is 9.49. The van der Waals surface area contributed by atoms with Crippen molar-refractivity contribution in [2.75, 3.05) is 22.9 Å². The summed E-state index contributed by atoms with van der Waals surface area (Å²) in [4.78, 5) is 54.5. The van der Waals surface area contributed by atoms with Crippen LogP contribution < -0.4 is 9.80 Å². The van der Waals surface area contributed by atoms with Crippen molar-refractivity contribution in [3.05, 3.63) is 84.0 Å². The van der Waals surface area contributed by atoms with Crippen LogP contribution >= 0.6 is 0 Å². The first-order chi connectivity index (χ1) is 21.3. The number of unbranched alkanes of at least 4 members (excludes halogenated alkanes) is 9. The van der Waals surface area contributed by atoms with Gasteiger partial charge < -0.3 is 19.3 Å². The summed E-state index contributed by atoms with van der Waals surface area (Å²) < 4.78 is 11.2. The van der Waals surface area contributed by atoms with Crippen LogP contribution in [0.2, 0.25) is 0 Å². The van der Waals surface area contributed by atoms with Gasteiger partial charge in [0.25, 0.3) is 11.8 Å². The standard InChI is InChI=1S/C36H40N2O6/c1-25-23-35(43-31(25)39)27-17-11-13-19-29(27)37(33(35)41)21-15-9-7-5-3-4-6-8-10-16-22-38-30-20-14-12-18-28(30)36(34(38)42)24-26(2)32(40)44-36/h11-14,17-20H,1-10,15-16,21-24H2. The number of para-hydroxylation sites is 2. The number of hydrogen-bond acceptors (Lipinski definition) is 6. The van der Waals surface area contributed by atoms with Crippen molar-refractivity contribution in [1.29, 1.82) is 0 Å². The Bertz CT molecular complexity index is 1380. The van der Waals surface area contributed by atoms with Gasteiger partial charge in [-0.25, -0.2) is 9.59 Å². The Balaban J connectivity index is 0.862. The first kappa shape index (κ1) is 29.9. The summed E-state index contributed by atoms with van der Waals surface area (Å²) in [5.41, 5.74) is 1.44. The highest BCUT2D eigenvalue weighted by atomic mass is 16.6. The Morgan fingerprint density at radius 3 is 1.23 bits per heavy atom. The maximum atomic E-state index is 13.4. The van der Waals surface area contributed by atoms with E-state index in [2.05, 4.69) is 13.2 Å². The van der Waals surface area contributed by atoms with Crippen molar-refractivity contribution in [2.45, 2.75) is 88.3 Å². The molecule has 8 nitrogen and oxygen atoms in total. The summed E-state index contributed by atoms with van der Waals surface area (Å²) in [5, 5.41) is 0. The maximum Gasteiger partial charge on any atom is 0.335 e. The first-order valence-electron chi connectivity index (χ1n) is 15.9. The molecule has 4 aliphatic rings. The predicted molar refractivity (Wildman–Crippen MR) is 167 cm³/mol. The van der Waals surface area contributed by atoms with Crippen LogP contribution in [-0.4, -0.2) is 36.8 Å². The van der Waals surface area contributed by atoms with E-state index in [4.69, 9.17) is 9.47 Å². The molecule has 0 aliphatic carbocycles. The molecule has 2 aromatic rings. The zero-order chi connectivity index (χ0) is 30.9. The highest BCUT2D eigenvalue weighted by Crippen LogP contribution is 2.51. The molecule has 4 heterocycles. The maximum absolute atomic E-state index is 13.4. The second-order valence-electron chi connectivity index (χ2n) is 12.5. The number of hydrogen-bond donors (Lipinski definition) is 0. The zero-order valence-electron chi connectivity index (χ0n) is 25.3. The van der Waals surface area contributed by atoms with Crippen LogP contribution in [0.1, 0.15) is 88.2 Å². The van der Waals surface area contributed by atoms with E-state index in [1.807, 2.05) is 48.5 Å². The molecule has 0 radical (unpaired) electrons. The molecular formula is C36H40N2O6. The fourth-order valence-electron chi connectivity index (χ4n) is 7.20. The Morgan fingerprint density at radius 1 is 0.545 bits per heavy atom. The van der Waals surface area contributed by atoms with Gasteiger partial charge in [0, 0.05) is 48.2 Å². The summed E-state index contributed by atoms with van der Waals surface area (Å²) in [5.74, 6) is -1.28. The van der Waals surface area contributed by atoms with Crippen LogP contribution in [0.4, 0.5) is 11.4 Å². The molecule has 2 amide bonds. The monoisotopic (exact) mass is 596 g/mol. The molecule has 0 aromatic heterocycles. The fourth-order valence-corrected chi connectivity index (χ4v) is 7.20. The van der Waals surface area contributed by atoms with Crippen molar-refractivity contribution in [3.63, 3.8) is 0 Å². The van der Waals surface area contributed by atoms with E-state index < -0.39 is 23.1 Å². The van der Waals surface area contributed by atoms with Gasteiger partial charge >= 0.3 is 11.9 Å². The van der Waals surface area contributed by atoms with E-state index in [-0.39, 0.29) is 24.7 Å². The molecule has 2 saturated heterocycles. The molecule has 0 bridgehead atoms. The van der Waals surface area contributed by atoms with E-state index in [0.717, 1.165) is 73.9 Å². The normalized spacial score (nSPS) is 23.7. The van der Waals surface area contributed by atoms with Gasteiger partial charge in [0.15, 0.2) is 0 Å². The summed E-state index contributed by atoms with van der Waals surface area (Å²) in [6.45, 7) is 8.80. The van der Waals surface area contributed by atoms with Crippen LogP contribution in [0.15, 0.2) is 72.8 Å². The smallest absolute Gasteiger partial charge is 0.335 e. The molecule has 2 aromatic carbocycles. The lowest BCUT2D eigenvalue weighted by atomic mass is 9.91. The summed E-state index contributed by atoms with van der Waals surface area (Å²) >= 11 is 0. The SMILES string of the molecule is C=C1CC2(OC1=O)C(=O)N(CCCCCCCCCCCCN1C(=O)C3(CC(=C)C(=O)O3)c3ccccc31)c1ccccc12. The topological polar surface area (TPSA) is 93.2 Å². The van der Waals surface area contributed by atoms with Crippen LogP contribution in [0.25, 0.3) is 0 Å². The summed E-state index contributed by atoms with van der Waals surface area (Å²) in [6.07, 6.45) is 11.3. The lowest BCUT2D eigenvalue weighted by molar-refractivity contribution is -0.156. The van der Waals surface area contributed by atoms with Crippen molar-refractivity contribution >= 4 is 35.1 Å². The molecule has 2 atom stereocenters. The van der Waals surface area contributed by atoms with Crippen molar-refractivity contribution in [1.82, 2.24) is 0 Å². The van der Waals surface area contributed by atoms with E-state index in [1.54, 1.807) is 9.80 Å². The largest absolute Gasteiger partial charge is 0.440 e. The molecule has 6 rings (SSSR count). The first-order valence-corrected chi connectivity index (χ1v) is 15.9. The molecule has 0 N–H and O–H groups in total. The van der Waals surface area contributed by atoms with Gasteiger partial charge in [-0.2, -0.15) is 0 Å². The summed E-state index contributed by atoms with van der Waals surface area (Å²) in [6, 6.07) is 15.2. The Labute approximate surface area is 258 Å². The summed E-state index contributed by atoms with van der Waals surface area (Å²) in [7, 11) is 0. The van der Waals surface area contributed by atoms with Gasteiger partial charge in [-0.1, -0.05) is 101 Å². The predicted octanol–water partition coefficient (Wildman–Crippen LogP) is 6.38. The molecule has 0 saturated carbocycles. The second kappa shape index (κ2) is 12.1. The Kier molecular flexibility index (Phi) is 8.18. The number of fused-ring (bicyclic) bond motifs is 4. The second-order valence-corrected chi connectivity index (χ2v) is 12.5. The fraction of sp³-hybridized carbons (Fsp3) is 0.444. The number of anilines is 2. The van der Waals surface area contributed by atoms with Gasteiger partial charge in [0.2, 0.25) is 11.2 Å². The number of carbonyl (C=O) groups is 4. The average Bonchev–Trinajstić information content (AvgIpc) is 3.65. The Hall–Kier alpha value is -4.20. The Morgan fingerprint density at radius 2 is 0.886 bits per heavy atom. The highest BCUT2D eigenvalue weighted by Gasteiger charge is 2.59. The number of carbonyl (C=O) groups excluding carboxylic acids is 4. The molecule has 8 heteroatoms. The highest BCUT2D eigenvalue weighted by molar-refractivity contribution is 6.12. The number of ether oxygens (including phenoxy) is 2. The molecule has 44 heavy (non-hydrogen) atoms. The van der Waals surface area contributed by atoms with E-state index in [1.165, 1.54) is 12.8 Å². The van der Waals surface area contributed by atoms with Crippen LogP contribution in [0.5, 0.6) is 0 Å². The lowest BCUT2D eigenvalue weighted by Gasteiger charge is -2.22. The van der Waals surface area contributed by atoms with Crippen LogP contribution in [0, 0.1) is 0 Å². The zero-order valence-corrected chi connectivity index (χ0v) is 25.3. The quantitative estimate of drug-likeness (QED) is 0.151. The van der Waals surface area contributed by atoms with Gasteiger partial charge in [0.05, 0.1) is 11.4 Å². The third kappa shape index (κ3) is 5.04. The van der Waals surface area contributed by atoms with Gasteiger partial charge in [-0.05, 0) is 25.0 Å². The molecule has 4 aliphatic heterocycles. The van der Waals surface area contributed by atoms with Crippen molar-refractivity contribution in [2.24, 2.45) is 0 Å². The van der Waals surface area contributed by atoms with E-state index in [9.17, 15) is 19.2 Å².